The van der Waals surface area contributed by atoms with Crippen molar-refractivity contribution in [2.75, 3.05) is 32.7 Å². The first kappa shape index (κ1) is 21.7. The second-order valence-corrected chi connectivity index (χ2v) is 8.48. The van der Waals surface area contributed by atoms with Gasteiger partial charge in [0.1, 0.15) is 5.82 Å². The molecule has 2 fully saturated rings. The number of halogens is 1. The van der Waals surface area contributed by atoms with E-state index in [1.165, 1.54) is 6.07 Å². The lowest BCUT2D eigenvalue weighted by Crippen LogP contribution is -2.50. The summed E-state index contributed by atoms with van der Waals surface area (Å²) in [6, 6.07) is 6.60. The van der Waals surface area contributed by atoms with Gasteiger partial charge in [0.25, 0.3) is 0 Å². The molecule has 3 rings (SSSR count). The van der Waals surface area contributed by atoms with Crippen LogP contribution >= 0.6 is 0 Å². The molecule has 2 amide bonds. The number of nitrogens with zero attached hydrogens (tertiary/aromatic N) is 2. The highest BCUT2D eigenvalue weighted by molar-refractivity contribution is 5.78. The molecule has 0 spiro atoms. The average Bonchev–Trinajstić information content (AvgIpc) is 2.87. The van der Waals surface area contributed by atoms with Gasteiger partial charge in [0.15, 0.2) is 0 Å². The van der Waals surface area contributed by atoms with Crippen LogP contribution in [0.2, 0.25) is 0 Å². The molecular weight excluding hydrogens is 373 g/mol. The van der Waals surface area contributed by atoms with Crippen LogP contribution in [0.15, 0.2) is 24.3 Å². The van der Waals surface area contributed by atoms with Gasteiger partial charge in [0, 0.05) is 45.7 Å². The molecule has 2 saturated heterocycles. The summed E-state index contributed by atoms with van der Waals surface area (Å²) in [5, 5.41) is 14.1. The van der Waals surface area contributed by atoms with Gasteiger partial charge >= 0.3 is 0 Å². The second kappa shape index (κ2) is 9.67. The summed E-state index contributed by atoms with van der Waals surface area (Å²) in [6.45, 7) is 4.92. The van der Waals surface area contributed by atoms with Crippen molar-refractivity contribution in [2.24, 2.45) is 0 Å². The van der Waals surface area contributed by atoms with E-state index in [1.807, 2.05) is 0 Å². The maximum atomic E-state index is 13.8. The monoisotopic (exact) mass is 405 g/mol. The molecule has 29 heavy (non-hydrogen) atoms. The van der Waals surface area contributed by atoms with Crippen LogP contribution in [0.1, 0.15) is 44.6 Å². The Morgan fingerprint density at radius 1 is 1.17 bits per heavy atom. The minimum atomic E-state index is -0.812. The van der Waals surface area contributed by atoms with Crippen molar-refractivity contribution in [1.82, 2.24) is 15.1 Å². The van der Waals surface area contributed by atoms with Crippen molar-refractivity contribution in [3.8, 4) is 0 Å². The Bertz CT molecular complexity index is 721. The average molecular weight is 406 g/mol. The van der Waals surface area contributed by atoms with E-state index in [9.17, 15) is 19.1 Å². The van der Waals surface area contributed by atoms with Gasteiger partial charge in [-0.15, -0.1) is 0 Å². The number of likely N-dealkylation sites (tertiary alicyclic amines) is 2. The van der Waals surface area contributed by atoms with E-state index in [4.69, 9.17) is 0 Å². The second-order valence-electron chi connectivity index (χ2n) is 8.48. The molecule has 2 N–H and O–H groups in total. The zero-order chi connectivity index (χ0) is 20.9. The van der Waals surface area contributed by atoms with Crippen molar-refractivity contribution in [2.45, 2.75) is 57.1 Å². The standard InChI is InChI=1S/C22H32FN3O3/c1-17(27)24-19-7-12-25(13-8-19)16-22(29)9-4-11-26(14-10-22)21(28)15-18-5-2-3-6-20(18)23/h2-3,5-6,19,29H,4,7-16H2,1H3,(H,24,27)/t22-/m1/s1. The Balaban J connectivity index is 1.49. The molecule has 0 radical (unpaired) electrons. The Morgan fingerprint density at radius 3 is 2.59 bits per heavy atom. The van der Waals surface area contributed by atoms with Crippen LogP contribution in [0.4, 0.5) is 4.39 Å². The number of nitrogens with one attached hydrogen (secondary N) is 1. The molecule has 1 atom stereocenters. The quantitative estimate of drug-likeness (QED) is 0.782. The lowest BCUT2D eigenvalue weighted by molar-refractivity contribution is -0.130. The van der Waals surface area contributed by atoms with E-state index in [-0.39, 0.29) is 30.1 Å². The van der Waals surface area contributed by atoms with Crippen molar-refractivity contribution in [3.05, 3.63) is 35.6 Å². The van der Waals surface area contributed by atoms with Crippen molar-refractivity contribution in [3.63, 3.8) is 0 Å². The number of amides is 2. The Kier molecular flexibility index (Phi) is 7.24. The minimum absolute atomic E-state index is 0.00555. The maximum Gasteiger partial charge on any atom is 0.227 e. The molecule has 2 aliphatic heterocycles. The number of rotatable bonds is 5. The van der Waals surface area contributed by atoms with Crippen LogP contribution in [0.5, 0.6) is 0 Å². The van der Waals surface area contributed by atoms with Crippen LogP contribution < -0.4 is 5.32 Å². The first-order valence-corrected chi connectivity index (χ1v) is 10.6. The first-order valence-electron chi connectivity index (χ1n) is 10.6. The third-order valence-electron chi connectivity index (χ3n) is 6.08. The zero-order valence-electron chi connectivity index (χ0n) is 17.2. The largest absolute Gasteiger partial charge is 0.388 e. The van der Waals surface area contributed by atoms with E-state index >= 15 is 0 Å². The van der Waals surface area contributed by atoms with Crippen molar-refractivity contribution in [1.29, 1.82) is 0 Å². The van der Waals surface area contributed by atoms with Crippen molar-refractivity contribution < 1.29 is 19.1 Å². The fraction of sp³-hybridized carbons (Fsp3) is 0.636. The van der Waals surface area contributed by atoms with Gasteiger partial charge in [-0.25, -0.2) is 4.39 Å². The Hall–Kier alpha value is -1.99. The number of carbonyl (C=O) groups is 2. The number of aliphatic hydroxyl groups is 1. The summed E-state index contributed by atoms with van der Waals surface area (Å²) >= 11 is 0. The molecular formula is C22H32FN3O3. The molecule has 2 heterocycles. The number of benzene rings is 1. The van der Waals surface area contributed by atoms with Gasteiger partial charge in [-0.1, -0.05) is 18.2 Å². The van der Waals surface area contributed by atoms with Gasteiger partial charge in [-0.05, 0) is 43.7 Å². The minimum Gasteiger partial charge on any atom is -0.388 e. The molecule has 2 aliphatic rings. The summed E-state index contributed by atoms with van der Waals surface area (Å²) in [5.41, 5.74) is -0.396. The van der Waals surface area contributed by atoms with Gasteiger partial charge in [0.2, 0.25) is 11.8 Å². The number of carbonyl (C=O) groups excluding carboxylic acids is 2. The topological polar surface area (TPSA) is 72.9 Å². The highest BCUT2D eigenvalue weighted by Crippen LogP contribution is 2.25. The predicted octanol–water partition coefficient (Wildman–Crippen LogP) is 1.71. The summed E-state index contributed by atoms with van der Waals surface area (Å²) < 4.78 is 13.8. The van der Waals surface area contributed by atoms with E-state index in [0.29, 0.717) is 38.0 Å². The number of hydrogen-bond donors (Lipinski definition) is 2. The number of hydrogen-bond acceptors (Lipinski definition) is 4. The molecule has 0 saturated carbocycles. The third-order valence-corrected chi connectivity index (χ3v) is 6.08. The lowest BCUT2D eigenvalue weighted by Gasteiger charge is -2.38. The SMILES string of the molecule is CC(=O)NC1CCN(C[C@@]2(O)CCCN(C(=O)Cc3ccccc3F)CC2)CC1. The molecule has 0 unspecified atom stereocenters. The molecule has 7 heteroatoms. The lowest BCUT2D eigenvalue weighted by atomic mass is 9.93. The van der Waals surface area contributed by atoms with E-state index in [0.717, 1.165) is 32.4 Å². The van der Waals surface area contributed by atoms with Gasteiger partial charge in [0.05, 0.1) is 12.0 Å². The fourth-order valence-corrected chi connectivity index (χ4v) is 4.44. The van der Waals surface area contributed by atoms with Crippen LogP contribution in [0, 0.1) is 5.82 Å². The normalized spacial score (nSPS) is 24.2. The Labute approximate surface area is 172 Å². The summed E-state index contributed by atoms with van der Waals surface area (Å²) in [7, 11) is 0. The molecule has 160 valence electrons. The van der Waals surface area contributed by atoms with Crippen LogP contribution in [0.25, 0.3) is 0 Å². The third kappa shape index (κ3) is 6.24. The highest BCUT2D eigenvalue weighted by Gasteiger charge is 2.34. The molecule has 1 aromatic carbocycles. The maximum absolute atomic E-state index is 13.8. The summed E-state index contributed by atoms with van der Waals surface area (Å²) in [5.74, 6) is -0.434. The van der Waals surface area contributed by atoms with Gasteiger partial charge < -0.3 is 20.2 Å². The van der Waals surface area contributed by atoms with E-state index < -0.39 is 5.60 Å². The van der Waals surface area contributed by atoms with Crippen LogP contribution in [0.3, 0.4) is 0 Å². The Morgan fingerprint density at radius 2 is 1.90 bits per heavy atom. The molecule has 0 aliphatic carbocycles. The predicted molar refractivity (Wildman–Crippen MR) is 109 cm³/mol. The fourth-order valence-electron chi connectivity index (χ4n) is 4.44. The highest BCUT2D eigenvalue weighted by atomic mass is 19.1. The van der Waals surface area contributed by atoms with Crippen molar-refractivity contribution >= 4 is 11.8 Å². The van der Waals surface area contributed by atoms with Crippen LogP contribution in [-0.2, 0) is 16.0 Å². The zero-order valence-corrected chi connectivity index (χ0v) is 17.2. The molecule has 1 aromatic rings. The van der Waals surface area contributed by atoms with Crippen LogP contribution in [-0.4, -0.2) is 71.1 Å². The summed E-state index contributed by atoms with van der Waals surface area (Å²) in [4.78, 5) is 27.8. The molecule has 6 nitrogen and oxygen atoms in total. The number of β-amino-alcohol motifs (C(OH)–C–C–N with tert-alkyl or cyclic N) is 1. The van der Waals surface area contributed by atoms with E-state index in [1.54, 1.807) is 30.0 Å². The van der Waals surface area contributed by atoms with E-state index in [2.05, 4.69) is 10.2 Å². The van der Waals surface area contributed by atoms with Gasteiger partial charge in [-0.2, -0.15) is 0 Å². The van der Waals surface area contributed by atoms with Gasteiger partial charge in [-0.3, -0.25) is 9.59 Å². The number of piperidine rings is 1. The summed E-state index contributed by atoms with van der Waals surface area (Å²) in [6.07, 6.45) is 3.76. The molecule has 0 aromatic heterocycles. The molecule has 0 bridgehead atoms. The smallest absolute Gasteiger partial charge is 0.227 e. The first-order chi connectivity index (χ1) is 13.8.